The van der Waals surface area contributed by atoms with E-state index in [1.54, 1.807) is 11.3 Å². The Labute approximate surface area is 163 Å². The van der Waals surface area contributed by atoms with E-state index in [-0.39, 0.29) is 11.9 Å². The average Bonchev–Trinajstić information content (AvgIpc) is 3.28. The predicted molar refractivity (Wildman–Crippen MR) is 109 cm³/mol. The molecule has 146 valence electrons. The zero-order chi connectivity index (χ0) is 18.8. The van der Waals surface area contributed by atoms with Crippen LogP contribution < -0.4 is 21.1 Å². The van der Waals surface area contributed by atoms with E-state index in [1.165, 1.54) is 0 Å². The summed E-state index contributed by atoms with van der Waals surface area (Å²) in [6, 6.07) is 6.07. The molecule has 2 unspecified atom stereocenters. The Hall–Kier alpha value is -1.74. The van der Waals surface area contributed by atoms with Gasteiger partial charge in [-0.15, -0.1) is 0 Å². The number of nitrogens with one attached hydrogen (secondary N) is 3. The van der Waals surface area contributed by atoms with E-state index in [9.17, 15) is 4.79 Å². The third-order valence-corrected chi connectivity index (χ3v) is 6.06. The minimum Gasteiger partial charge on any atom is -0.378 e. The van der Waals surface area contributed by atoms with Gasteiger partial charge in [0.25, 0.3) is 0 Å². The minimum absolute atomic E-state index is 0.00558. The van der Waals surface area contributed by atoms with Crippen LogP contribution in [0.1, 0.15) is 26.7 Å². The number of hydrogen-bond donors (Lipinski definition) is 3. The summed E-state index contributed by atoms with van der Waals surface area (Å²) in [5.74, 6) is 0.617. The second-order valence-electron chi connectivity index (χ2n) is 7.67. The number of thiazole rings is 1. The van der Waals surface area contributed by atoms with Crippen molar-refractivity contribution < 1.29 is 9.53 Å². The molecule has 1 amide bonds. The Morgan fingerprint density at radius 2 is 2.19 bits per heavy atom. The van der Waals surface area contributed by atoms with Crippen molar-refractivity contribution in [3.63, 3.8) is 0 Å². The van der Waals surface area contributed by atoms with Crippen LogP contribution in [0.3, 0.4) is 0 Å². The molecule has 7 nitrogen and oxygen atoms in total. The van der Waals surface area contributed by atoms with Gasteiger partial charge in [-0.3, -0.25) is 10.2 Å². The molecule has 0 bridgehead atoms. The lowest BCUT2D eigenvalue weighted by Gasteiger charge is -2.25. The van der Waals surface area contributed by atoms with Crippen molar-refractivity contribution >= 4 is 38.3 Å². The maximum absolute atomic E-state index is 12.6. The van der Waals surface area contributed by atoms with E-state index in [0.29, 0.717) is 12.0 Å². The van der Waals surface area contributed by atoms with Crippen molar-refractivity contribution in [2.24, 2.45) is 5.92 Å². The van der Waals surface area contributed by atoms with Gasteiger partial charge in [0.2, 0.25) is 5.91 Å². The highest BCUT2D eigenvalue weighted by atomic mass is 32.1. The minimum atomic E-state index is -0.199. The Morgan fingerprint density at radius 3 is 2.96 bits per heavy atom. The van der Waals surface area contributed by atoms with E-state index in [4.69, 9.17) is 9.72 Å². The zero-order valence-corrected chi connectivity index (χ0v) is 16.6. The largest absolute Gasteiger partial charge is 0.378 e. The molecule has 2 atom stereocenters. The van der Waals surface area contributed by atoms with Crippen LogP contribution in [0.4, 0.5) is 10.8 Å². The molecule has 1 aromatic heterocycles. The number of rotatable bonds is 5. The van der Waals surface area contributed by atoms with Crippen molar-refractivity contribution in [2.45, 2.75) is 38.8 Å². The van der Waals surface area contributed by atoms with Crippen LogP contribution in [0.15, 0.2) is 18.2 Å². The number of fused-ring (bicyclic) bond motifs is 1. The van der Waals surface area contributed by atoms with E-state index < -0.39 is 0 Å². The molecule has 0 saturated carbocycles. The van der Waals surface area contributed by atoms with Gasteiger partial charge < -0.3 is 15.0 Å². The van der Waals surface area contributed by atoms with Gasteiger partial charge in [-0.1, -0.05) is 25.2 Å². The van der Waals surface area contributed by atoms with Gasteiger partial charge in [0.1, 0.15) is 6.04 Å². The van der Waals surface area contributed by atoms with Crippen LogP contribution in [0.5, 0.6) is 0 Å². The number of amides is 1. The quantitative estimate of drug-likeness (QED) is 0.729. The molecule has 0 spiro atoms. The molecule has 2 aromatic rings. The van der Waals surface area contributed by atoms with Gasteiger partial charge in [0.05, 0.1) is 23.4 Å². The van der Waals surface area contributed by atoms with Gasteiger partial charge in [-0.25, -0.2) is 10.4 Å². The highest BCUT2D eigenvalue weighted by molar-refractivity contribution is 7.22. The first kappa shape index (κ1) is 18.6. The second kappa shape index (κ2) is 8.10. The first-order chi connectivity index (χ1) is 13.1. The molecule has 1 aromatic carbocycles. The standard InChI is InChI=1S/C19H27N5O2S/c1-12(2)9-14-10-16(23-22-14)18(25)20-13-3-4-15-17(11-13)27-19(21-15)24-5-7-26-8-6-24/h3-4,11-12,14,16,22-23H,5-10H2,1-2H3,(H,20,25). The summed E-state index contributed by atoms with van der Waals surface area (Å²) in [5.41, 5.74) is 8.15. The van der Waals surface area contributed by atoms with Crippen molar-refractivity contribution in [3.05, 3.63) is 18.2 Å². The van der Waals surface area contributed by atoms with Crippen LogP contribution in [0, 0.1) is 5.92 Å². The van der Waals surface area contributed by atoms with Crippen molar-refractivity contribution in [2.75, 3.05) is 36.5 Å². The maximum atomic E-state index is 12.6. The molecule has 0 radical (unpaired) electrons. The molecule has 27 heavy (non-hydrogen) atoms. The van der Waals surface area contributed by atoms with Crippen molar-refractivity contribution in [1.29, 1.82) is 0 Å². The molecule has 8 heteroatoms. The Balaban J connectivity index is 1.41. The fourth-order valence-corrected chi connectivity index (χ4v) is 4.68. The second-order valence-corrected chi connectivity index (χ2v) is 8.68. The van der Waals surface area contributed by atoms with Crippen LogP contribution in [0.25, 0.3) is 10.2 Å². The molecule has 2 aliphatic rings. The molecule has 2 fully saturated rings. The number of ether oxygens (including phenoxy) is 1. The Kier molecular flexibility index (Phi) is 5.58. The van der Waals surface area contributed by atoms with Gasteiger partial charge in [0.15, 0.2) is 5.13 Å². The number of nitrogens with zero attached hydrogens (tertiary/aromatic N) is 2. The highest BCUT2D eigenvalue weighted by Crippen LogP contribution is 2.31. The lowest BCUT2D eigenvalue weighted by atomic mass is 10.00. The van der Waals surface area contributed by atoms with Gasteiger partial charge in [-0.2, -0.15) is 0 Å². The third kappa shape index (κ3) is 4.40. The maximum Gasteiger partial charge on any atom is 0.242 e. The first-order valence-corrected chi connectivity index (χ1v) is 10.5. The summed E-state index contributed by atoms with van der Waals surface area (Å²) in [5, 5.41) is 4.07. The molecular formula is C19H27N5O2S. The molecule has 2 saturated heterocycles. The van der Waals surface area contributed by atoms with Crippen molar-refractivity contribution in [3.8, 4) is 0 Å². The number of carbonyl (C=O) groups excluding carboxylic acids is 1. The molecule has 3 N–H and O–H groups in total. The lowest BCUT2D eigenvalue weighted by molar-refractivity contribution is -0.117. The number of hydrogen-bond acceptors (Lipinski definition) is 7. The van der Waals surface area contributed by atoms with E-state index in [1.807, 2.05) is 18.2 Å². The third-order valence-electron chi connectivity index (χ3n) is 4.98. The fraction of sp³-hybridized carbons (Fsp3) is 0.579. The average molecular weight is 390 g/mol. The number of carbonyl (C=O) groups is 1. The number of morpholine rings is 1. The monoisotopic (exact) mass is 389 g/mol. The van der Waals surface area contributed by atoms with E-state index in [0.717, 1.165) is 60.2 Å². The summed E-state index contributed by atoms with van der Waals surface area (Å²) in [6.07, 6.45) is 1.88. The highest BCUT2D eigenvalue weighted by Gasteiger charge is 2.29. The van der Waals surface area contributed by atoms with Gasteiger partial charge in [-0.05, 0) is 37.0 Å². The SMILES string of the molecule is CC(C)CC1CC(C(=O)Nc2ccc3nc(N4CCOCC4)sc3c2)NN1. The summed E-state index contributed by atoms with van der Waals surface area (Å²) >= 11 is 1.66. The van der Waals surface area contributed by atoms with Gasteiger partial charge in [0, 0.05) is 24.8 Å². The smallest absolute Gasteiger partial charge is 0.242 e. The van der Waals surface area contributed by atoms with E-state index >= 15 is 0 Å². The van der Waals surface area contributed by atoms with E-state index in [2.05, 4.69) is 34.9 Å². The molecule has 4 rings (SSSR count). The zero-order valence-electron chi connectivity index (χ0n) is 15.8. The van der Waals surface area contributed by atoms with Crippen LogP contribution >= 0.6 is 11.3 Å². The molecule has 0 aliphatic carbocycles. The molecular weight excluding hydrogens is 362 g/mol. The number of anilines is 2. The Bertz CT molecular complexity index is 802. The Morgan fingerprint density at radius 1 is 1.37 bits per heavy atom. The van der Waals surface area contributed by atoms with Crippen LogP contribution in [-0.2, 0) is 9.53 Å². The summed E-state index contributed by atoms with van der Waals surface area (Å²) in [7, 11) is 0. The van der Waals surface area contributed by atoms with Crippen LogP contribution in [-0.4, -0.2) is 49.3 Å². The fourth-order valence-electron chi connectivity index (χ4n) is 3.63. The van der Waals surface area contributed by atoms with Crippen molar-refractivity contribution in [1.82, 2.24) is 15.8 Å². The number of aromatic nitrogens is 1. The molecule has 2 aliphatic heterocycles. The lowest BCUT2D eigenvalue weighted by Crippen LogP contribution is -2.40. The first-order valence-electron chi connectivity index (χ1n) is 9.63. The normalized spacial score (nSPS) is 23.3. The predicted octanol–water partition coefficient (Wildman–Crippen LogP) is 2.35. The summed E-state index contributed by atoms with van der Waals surface area (Å²) in [6.45, 7) is 7.65. The van der Waals surface area contributed by atoms with Crippen LogP contribution in [0.2, 0.25) is 0 Å². The topological polar surface area (TPSA) is 78.5 Å². The number of hydrazine groups is 1. The summed E-state index contributed by atoms with van der Waals surface area (Å²) in [4.78, 5) is 19.6. The molecule has 3 heterocycles. The van der Waals surface area contributed by atoms with Gasteiger partial charge >= 0.3 is 0 Å². The number of benzene rings is 1. The summed E-state index contributed by atoms with van der Waals surface area (Å²) < 4.78 is 6.50.